The molecule has 3 aromatic rings. The molecule has 6 nitrogen and oxygen atoms in total. The lowest BCUT2D eigenvalue weighted by atomic mass is 10.1. The maximum atomic E-state index is 6.40. The highest BCUT2D eigenvalue weighted by Crippen LogP contribution is 2.32. The van der Waals surface area contributed by atoms with Gasteiger partial charge >= 0.3 is 0 Å². The van der Waals surface area contributed by atoms with Gasteiger partial charge in [0.2, 0.25) is 0 Å². The Labute approximate surface area is 173 Å². The number of epoxide rings is 2. The van der Waals surface area contributed by atoms with Crippen LogP contribution >= 0.6 is 11.6 Å². The number of aryl methyl sites for hydroxylation is 1. The van der Waals surface area contributed by atoms with Gasteiger partial charge in [-0.1, -0.05) is 11.6 Å². The monoisotopic (exact) mass is 412 g/mol. The number of hydrogen-bond donors (Lipinski definition) is 0. The molecule has 0 N–H and O–H groups in total. The van der Waals surface area contributed by atoms with E-state index >= 15 is 0 Å². The van der Waals surface area contributed by atoms with Gasteiger partial charge in [0.05, 0.1) is 29.6 Å². The Hall–Kier alpha value is -2.54. The number of halogens is 1. The highest BCUT2D eigenvalue weighted by Gasteiger charge is 2.24. The minimum Gasteiger partial charge on any atom is -0.491 e. The maximum Gasteiger partial charge on any atom is 0.138 e. The summed E-state index contributed by atoms with van der Waals surface area (Å²) < 4.78 is 23.6. The van der Waals surface area contributed by atoms with Gasteiger partial charge in [0.25, 0.3) is 0 Å². The van der Waals surface area contributed by atoms with E-state index in [0.29, 0.717) is 24.0 Å². The van der Waals surface area contributed by atoms with E-state index in [1.54, 1.807) is 0 Å². The predicted octanol–water partition coefficient (Wildman–Crippen LogP) is 3.96. The molecule has 29 heavy (non-hydrogen) atoms. The zero-order chi connectivity index (χ0) is 19.8. The Balaban J connectivity index is 1.32. The molecule has 3 heterocycles. The van der Waals surface area contributed by atoms with Crippen molar-refractivity contribution in [1.29, 1.82) is 0 Å². The molecule has 1 aromatic heterocycles. The SMILES string of the molecule is Cn1nc(-c2ccc(OCC3CO3)c(Cl)c2)cc1-c1ccc(OCC2CO2)cc1. The second kappa shape index (κ2) is 7.71. The van der Waals surface area contributed by atoms with E-state index in [9.17, 15) is 0 Å². The van der Waals surface area contributed by atoms with Crippen molar-refractivity contribution in [2.75, 3.05) is 26.4 Å². The van der Waals surface area contributed by atoms with Gasteiger partial charge in [-0.05, 0) is 48.5 Å². The molecule has 0 bridgehead atoms. The molecule has 2 unspecified atom stereocenters. The van der Waals surface area contributed by atoms with E-state index in [1.807, 2.05) is 54.2 Å². The first-order valence-corrected chi connectivity index (χ1v) is 9.97. The fraction of sp³-hybridized carbons (Fsp3) is 0.318. The van der Waals surface area contributed by atoms with Gasteiger partial charge in [0.1, 0.15) is 36.9 Å². The fourth-order valence-corrected chi connectivity index (χ4v) is 3.31. The first-order chi connectivity index (χ1) is 14.2. The Morgan fingerprint density at radius 3 is 2.28 bits per heavy atom. The summed E-state index contributed by atoms with van der Waals surface area (Å²) in [7, 11) is 1.93. The first kappa shape index (κ1) is 18.5. The van der Waals surface area contributed by atoms with Crippen LogP contribution < -0.4 is 9.47 Å². The molecule has 0 spiro atoms. The average molecular weight is 413 g/mol. The molecule has 5 rings (SSSR count). The van der Waals surface area contributed by atoms with Crippen LogP contribution in [0.2, 0.25) is 5.02 Å². The quantitative estimate of drug-likeness (QED) is 0.524. The molecule has 0 radical (unpaired) electrons. The molecule has 2 fully saturated rings. The maximum absolute atomic E-state index is 6.40. The summed E-state index contributed by atoms with van der Waals surface area (Å²) >= 11 is 6.40. The van der Waals surface area contributed by atoms with E-state index in [-0.39, 0.29) is 12.2 Å². The van der Waals surface area contributed by atoms with Crippen LogP contribution in [0.25, 0.3) is 22.5 Å². The Morgan fingerprint density at radius 2 is 1.62 bits per heavy atom. The van der Waals surface area contributed by atoms with Crippen molar-refractivity contribution >= 4 is 11.6 Å². The molecule has 2 atom stereocenters. The number of ether oxygens (including phenoxy) is 4. The number of nitrogens with zero attached hydrogens (tertiary/aromatic N) is 2. The van der Waals surface area contributed by atoms with Crippen LogP contribution in [0.3, 0.4) is 0 Å². The number of benzene rings is 2. The van der Waals surface area contributed by atoms with Gasteiger partial charge in [0.15, 0.2) is 0 Å². The highest BCUT2D eigenvalue weighted by atomic mass is 35.5. The lowest BCUT2D eigenvalue weighted by molar-refractivity contribution is 0.263. The fourth-order valence-electron chi connectivity index (χ4n) is 3.08. The largest absolute Gasteiger partial charge is 0.491 e. The van der Waals surface area contributed by atoms with E-state index in [1.165, 1.54) is 0 Å². The molecule has 0 aliphatic carbocycles. The van der Waals surface area contributed by atoms with Gasteiger partial charge in [-0.15, -0.1) is 0 Å². The molecule has 7 heteroatoms. The Kier molecular flexibility index (Phi) is 4.91. The number of aromatic nitrogens is 2. The molecule has 0 saturated carbocycles. The topological polar surface area (TPSA) is 61.3 Å². The van der Waals surface area contributed by atoms with Crippen molar-refractivity contribution in [2.45, 2.75) is 12.2 Å². The minimum absolute atomic E-state index is 0.197. The van der Waals surface area contributed by atoms with Crippen molar-refractivity contribution in [3.05, 3.63) is 53.6 Å². The third-order valence-electron chi connectivity index (χ3n) is 4.92. The zero-order valence-electron chi connectivity index (χ0n) is 16.0. The third-order valence-corrected chi connectivity index (χ3v) is 5.22. The van der Waals surface area contributed by atoms with Crippen LogP contribution in [0.4, 0.5) is 0 Å². The molecular weight excluding hydrogens is 392 g/mol. The van der Waals surface area contributed by atoms with Gasteiger partial charge in [-0.3, -0.25) is 4.68 Å². The molecule has 2 aliphatic rings. The predicted molar refractivity (Wildman–Crippen MR) is 110 cm³/mol. The summed E-state index contributed by atoms with van der Waals surface area (Å²) in [6, 6.07) is 15.8. The second-order valence-corrected chi connectivity index (χ2v) is 7.65. The van der Waals surface area contributed by atoms with Crippen LogP contribution in [0, 0.1) is 0 Å². The van der Waals surface area contributed by atoms with E-state index < -0.39 is 0 Å². The van der Waals surface area contributed by atoms with Crippen LogP contribution in [0.5, 0.6) is 11.5 Å². The van der Waals surface area contributed by atoms with Crippen LogP contribution in [0.15, 0.2) is 48.5 Å². The average Bonchev–Trinajstić information content (AvgIpc) is 3.65. The first-order valence-electron chi connectivity index (χ1n) is 9.59. The summed E-state index contributed by atoms with van der Waals surface area (Å²) in [6.45, 7) is 2.68. The molecule has 2 saturated heterocycles. The summed E-state index contributed by atoms with van der Waals surface area (Å²) in [5.41, 5.74) is 3.88. The van der Waals surface area contributed by atoms with E-state index in [0.717, 1.165) is 41.5 Å². The molecule has 2 aromatic carbocycles. The van der Waals surface area contributed by atoms with Crippen LogP contribution in [0.1, 0.15) is 0 Å². The molecule has 0 amide bonds. The Morgan fingerprint density at radius 1 is 0.966 bits per heavy atom. The summed E-state index contributed by atoms with van der Waals surface area (Å²) in [5.74, 6) is 1.50. The molecule has 150 valence electrons. The van der Waals surface area contributed by atoms with Crippen LogP contribution in [-0.2, 0) is 16.5 Å². The molecule has 2 aliphatic heterocycles. The smallest absolute Gasteiger partial charge is 0.138 e. The van der Waals surface area contributed by atoms with Gasteiger partial charge in [-0.25, -0.2) is 0 Å². The lowest BCUT2D eigenvalue weighted by Gasteiger charge is -2.07. The van der Waals surface area contributed by atoms with Crippen molar-refractivity contribution in [3.8, 4) is 34.0 Å². The molecular formula is C22H21ClN2O4. The standard InChI is InChI=1S/C22H21ClN2O4/c1-25-21(14-2-5-16(6-3-14)26-10-17-11-27-17)9-20(24-25)15-4-7-22(19(23)8-15)29-13-18-12-28-18/h2-9,17-18H,10-13H2,1H3. The zero-order valence-corrected chi connectivity index (χ0v) is 16.8. The minimum atomic E-state index is 0.197. The number of hydrogen-bond acceptors (Lipinski definition) is 5. The summed E-state index contributed by atoms with van der Waals surface area (Å²) in [4.78, 5) is 0. The highest BCUT2D eigenvalue weighted by molar-refractivity contribution is 6.32. The van der Waals surface area contributed by atoms with Gasteiger partial charge < -0.3 is 18.9 Å². The summed E-state index contributed by atoms with van der Waals surface area (Å²) in [5, 5.41) is 5.22. The Bertz CT molecular complexity index is 1010. The third kappa shape index (κ3) is 4.40. The van der Waals surface area contributed by atoms with E-state index in [4.69, 9.17) is 30.5 Å². The second-order valence-electron chi connectivity index (χ2n) is 7.24. The van der Waals surface area contributed by atoms with Crippen molar-refractivity contribution in [1.82, 2.24) is 9.78 Å². The van der Waals surface area contributed by atoms with Crippen molar-refractivity contribution in [3.63, 3.8) is 0 Å². The van der Waals surface area contributed by atoms with E-state index in [2.05, 4.69) is 11.2 Å². The number of rotatable bonds is 8. The van der Waals surface area contributed by atoms with Crippen molar-refractivity contribution < 1.29 is 18.9 Å². The summed E-state index contributed by atoms with van der Waals surface area (Å²) in [6.07, 6.45) is 0.447. The van der Waals surface area contributed by atoms with Gasteiger partial charge in [0, 0.05) is 18.2 Å². The normalized spacial score (nSPS) is 19.8. The lowest BCUT2D eigenvalue weighted by Crippen LogP contribution is -2.04. The van der Waals surface area contributed by atoms with Crippen molar-refractivity contribution in [2.24, 2.45) is 7.05 Å². The van der Waals surface area contributed by atoms with Gasteiger partial charge in [-0.2, -0.15) is 5.10 Å². The van der Waals surface area contributed by atoms with Crippen LogP contribution in [-0.4, -0.2) is 48.4 Å².